The third kappa shape index (κ3) is 4.13. The molecular weight excluding hydrogens is 256 g/mol. The summed E-state index contributed by atoms with van der Waals surface area (Å²) in [4.78, 5) is 12.0. The maximum Gasteiger partial charge on any atom is 0.251 e. The average Bonchev–Trinajstić information content (AvgIpc) is 3.30. The molecule has 0 atom stereocenters. The summed E-state index contributed by atoms with van der Waals surface area (Å²) in [5.41, 5.74) is 0.581. The van der Waals surface area contributed by atoms with Gasteiger partial charge < -0.3 is 20.1 Å². The van der Waals surface area contributed by atoms with Gasteiger partial charge in [0.05, 0.1) is 14.2 Å². The van der Waals surface area contributed by atoms with Gasteiger partial charge in [-0.05, 0) is 44.0 Å². The standard InChI is InChI=1S/C15H22N2O3/c1-19-13-7-4-11(10-14(13)20-2)15(18)17-9-3-8-16-12-5-6-12/h4,7,10,12,16H,3,5-6,8-9H2,1-2H3,(H,17,18). The van der Waals surface area contributed by atoms with Gasteiger partial charge in [-0.15, -0.1) is 0 Å². The molecule has 1 amide bonds. The van der Waals surface area contributed by atoms with Crippen LogP contribution >= 0.6 is 0 Å². The largest absolute Gasteiger partial charge is 0.493 e. The summed E-state index contributed by atoms with van der Waals surface area (Å²) in [6.07, 6.45) is 3.52. The Labute approximate surface area is 119 Å². The molecule has 5 nitrogen and oxygen atoms in total. The van der Waals surface area contributed by atoms with E-state index in [0.29, 0.717) is 23.6 Å². The van der Waals surface area contributed by atoms with Crippen LogP contribution in [0.3, 0.4) is 0 Å². The number of methoxy groups -OCH3 is 2. The fourth-order valence-corrected chi connectivity index (χ4v) is 1.96. The van der Waals surface area contributed by atoms with Crippen LogP contribution in [0.5, 0.6) is 11.5 Å². The second-order valence-electron chi connectivity index (χ2n) is 4.91. The number of nitrogens with one attached hydrogen (secondary N) is 2. The Hall–Kier alpha value is -1.75. The SMILES string of the molecule is COc1ccc(C(=O)NCCCNC2CC2)cc1OC. The van der Waals surface area contributed by atoms with Gasteiger partial charge in [0, 0.05) is 18.2 Å². The molecule has 1 aromatic rings. The lowest BCUT2D eigenvalue weighted by atomic mass is 10.2. The van der Waals surface area contributed by atoms with Gasteiger partial charge in [0.1, 0.15) is 0 Å². The Bertz CT molecular complexity index is 458. The summed E-state index contributed by atoms with van der Waals surface area (Å²) in [7, 11) is 3.13. The molecule has 110 valence electrons. The molecule has 0 radical (unpaired) electrons. The number of hydrogen-bond acceptors (Lipinski definition) is 4. The maximum absolute atomic E-state index is 12.0. The van der Waals surface area contributed by atoms with E-state index in [0.717, 1.165) is 19.0 Å². The number of amides is 1. The van der Waals surface area contributed by atoms with Gasteiger partial charge in [-0.3, -0.25) is 4.79 Å². The second kappa shape index (κ2) is 7.14. The maximum atomic E-state index is 12.0. The molecule has 1 saturated carbocycles. The minimum Gasteiger partial charge on any atom is -0.493 e. The molecule has 5 heteroatoms. The van der Waals surface area contributed by atoms with Gasteiger partial charge >= 0.3 is 0 Å². The molecule has 1 aromatic carbocycles. The summed E-state index contributed by atoms with van der Waals surface area (Å²) in [5.74, 6) is 1.10. The Morgan fingerprint density at radius 2 is 1.95 bits per heavy atom. The summed E-state index contributed by atoms with van der Waals surface area (Å²) in [6.45, 7) is 1.63. The molecule has 0 aromatic heterocycles. The molecule has 0 spiro atoms. The second-order valence-corrected chi connectivity index (χ2v) is 4.91. The molecule has 0 saturated heterocycles. The number of ether oxygens (including phenoxy) is 2. The van der Waals surface area contributed by atoms with E-state index in [4.69, 9.17) is 9.47 Å². The molecule has 2 rings (SSSR count). The number of carbonyl (C=O) groups is 1. The lowest BCUT2D eigenvalue weighted by molar-refractivity contribution is 0.0953. The van der Waals surface area contributed by atoms with Gasteiger partial charge in [-0.2, -0.15) is 0 Å². The van der Waals surface area contributed by atoms with Crippen LogP contribution in [0.25, 0.3) is 0 Å². The van der Waals surface area contributed by atoms with Crippen molar-refractivity contribution in [2.45, 2.75) is 25.3 Å². The first kappa shape index (κ1) is 14.7. The highest BCUT2D eigenvalue weighted by atomic mass is 16.5. The monoisotopic (exact) mass is 278 g/mol. The Morgan fingerprint density at radius 3 is 2.60 bits per heavy atom. The van der Waals surface area contributed by atoms with Crippen molar-refractivity contribution in [2.24, 2.45) is 0 Å². The van der Waals surface area contributed by atoms with Crippen molar-refractivity contribution in [1.82, 2.24) is 10.6 Å². The molecule has 0 aliphatic heterocycles. The predicted octanol–water partition coefficient (Wildman–Crippen LogP) is 1.58. The minimum atomic E-state index is -0.0858. The van der Waals surface area contributed by atoms with Crippen LogP contribution in [0.15, 0.2) is 18.2 Å². The molecular formula is C15H22N2O3. The minimum absolute atomic E-state index is 0.0858. The molecule has 0 unspecified atom stereocenters. The zero-order valence-electron chi connectivity index (χ0n) is 12.1. The molecule has 1 aliphatic rings. The summed E-state index contributed by atoms with van der Waals surface area (Å²) in [6, 6.07) is 5.88. The van der Waals surface area contributed by atoms with Crippen LogP contribution in [0.1, 0.15) is 29.6 Å². The van der Waals surface area contributed by atoms with Crippen molar-refractivity contribution < 1.29 is 14.3 Å². The van der Waals surface area contributed by atoms with Crippen molar-refractivity contribution in [3.63, 3.8) is 0 Å². The number of rotatable bonds is 8. The van der Waals surface area contributed by atoms with Crippen molar-refractivity contribution in [1.29, 1.82) is 0 Å². The highest BCUT2D eigenvalue weighted by Crippen LogP contribution is 2.27. The third-order valence-corrected chi connectivity index (χ3v) is 3.30. The smallest absolute Gasteiger partial charge is 0.251 e. The molecule has 2 N–H and O–H groups in total. The summed E-state index contributed by atoms with van der Waals surface area (Å²) >= 11 is 0. The topological polar surface area (TPSA) is 59.6 Å². The van der Waals surface area contributed by atoms with Crippen LogP contribution in [0.4, 0.5) is 0 Å². The van der Waals surface area contributed by atoms with Crippen molar-refractivity contribution >= 4 is 5.91 Å². The highest BCUT2D eigenvalue weighted by molar-refractivity contribution is 5.94. The quantitative estimate of drug-likeness (QED) is 0.709. The molecule has 1 fully saturated rings. The molecule has 0 heterocycles. The summed E-state index contributed by atoms with van der Waals surface area (Å²) < 4.78 is 10.3. The van der Waals surface area contributed by atoms with E-state index in [1.54, 1.807) is 32.4 Å². The first-order chi connectivity index (χ1) is 9.74. The fourth-order valence-electron chi connectivity index (χ4n) is 1.96. The van der Waals surface area contributed by atoms with E-state index in [-0.39, 0.29) is 5.91 Å². The first-order valence-corrected chi connectivity index (χ1v) is 6.98. The van der Waals surface area contributed by atoms with E-state index in [9.17, 15) is 4.79 Å². The number of benzene rings is 1. The zero-order valence-corrected chi connectivity index (χ0v) is 12.1. The van der Waals surface area contributed by atoms with Gasteiger partial charge in [-0.1, -0.05) is 0 Å². The highest BCUT2D eigenvalue weighted by Gasteiger charge is 2.19. The Morgan fingerprint density at radius 1 is 1.20 bits per heavy atom. The number of hydrogen-bond donors (Lipinski definition) is 2. The third-order valence-electron chi connectivity index (χ3n) is 3.30. The first-order valence-electron chi connectivity index (χ1n) is 6.98. The average molecular weight is 278 g/mol. The van der Waals surface area contributed by atoms with Crippen molar-refractivity contribution in [3.05, 3.63) is 23.8 Å². The van der Waals surface area contributed by atoms with Gasteiger partial charge in [-0.25, -0.2) is 0 Å². The van der Waals surface area contributed by atoms with Crippen LogP contribution in [-0.4, -0.2) is 39.3 Å². The van der Waals surface area contributed by atoms with Crippen LogP contribution in [0, 0.1) is 0 Å². The van der Waals surface area contributed by atoms with Crippen LogP contribution in [0.2, 0.25) is 0 Å². The van der Waals surface area contributed by atoms with E-state index in [1.807, 2.05) is 0 Å². The molecule has 20 heavy (non-hydrogen) atoms. The number of carbonyl (C=O) groups excluding carboxylic acids is 1. The molecule has 0 bridgehead atoms. The van der Waals surface area contributed by atoms with Crippen LogP contribution < -0.4 is 20.1 Å². The van der Waals surface area contributed by atoms with Gasteiger partial charge in [0.25, 0.3) is 5.91 Å². The van der Waals surface area contributed by atoms with E-state index < -0.39 is 0 Å². The molecule has 1 aliphatic carbocycles. The Kier molecular flexibility index (Phi) is 5.24. The van der Waals surface area contributed by atoms with Crippen molar-refractivity contribution in [2.75, 3.05) is 27.3 Å². The van der Waals surface area contributed by atoms with Crippen LogP contribution in [-0.2, 0) is 0 Å². The predicted molar refractivity (Wildman–Crippen MR) is 77.5 cm³/mol. The normalized spacial score (nSPS) is 13.9. The van der Waals surface area contributed by atoms with Gasteiger partial charge in [0.15, 0.2) is 11.5 Å². The van der Waals surface area contributed by atoms with Crippen molar-refractivity contribution in [3.8, 4) is 11.5 Å². The van der Waals surface area contributed by atoms with E-state index >= 15 is 0 Å². The van der Waals surface area contributed by atoms with Gasteiger partial charge in [0.2, 0.25) is 0 Å². The van der Waals surface area contributed by atoms with E-state index in [2.05, 4.69) is 10.6 Å². The fraction of sp³-hybridized carbons (Fsp3) is 0.533. The lowest BCUT2D eigenvalue weighted by Crippen LogP contribution is -2.27. The summed E-state index contributed by atoms with van der Waals surface area (Å²) in [5, 5.41) is 6.32. The van der Waals surface area contributed by atoms with E-state index in [1.165, 1.54) is 12.8 Å². The zero-order chi connectivity index (χ0) is 14.4. The lowest BCUT2D eigenvalue weighted by Gasteiger charge is -2.10. The Balaban J connectivity index is 1.78.